The minimum Gasteiger partial charge on any atom is -0.480 e. The zero-order valence-corrected chi connectivity index (χ0v) is 14.9. The largest absolute Gasteiger partial charge is 0.480 e. The Balaban J connectivity index is 2.02. The molecule has 0 aromatic rings. The van der Waals surface area contributed by atoms with Crippen molar-refractivity contribution in [2.75, 3.05) is 18.1 Å². The topological polar surface area (TPSA) is 84.9 Å². The molecule has 2 saturated heterocycles. The second-order valence-corrected chi connectivity index (χ2v) is 8.58. The number of hydrogen-bond acceptors (Lipinski definition) is 5. The zero-order valence-electron chi connectivity index (χ0n) is 14.1. The van der Waals surface area contributed by atoms with Crippen molar-refractivity contribution < 1.29 is 24.2 Å². The predicted molar refractivity (Wildman–Crippen MR) is 88.8 cm³/mol. The van der Waals surface area contributed by atoms with Crippen LogP contribution in [0.25, 0.3) is 0 Å². The third kappa shape index (κ3) is 5.28. The highest BCUT2D eigenvalue weighted by Gasteiger charge is 2.43. The first-order valence-electron chi connectivity index (χ1n) is 8.15. The van der Waals surface area contributed by atoms with Gasteiger partial charge < -0.3 is 19.9 Å². The number of carbonyl (C=O) groups is 2. The maximum absolute atomic E-state index is 12.0. The molecule has 1 spiro atoms. The number of aliphatic carboxylic acids is 1. The number of alkyl carbamates (subject to hydrolysis) is 1. The fourth-order valence-corrected chi connectivity index (χ4v) is 4.49. The standard InChI is InChI=1S/C16H27NO5S/c1-15(2,3)22-14(20)17-12(13(18)19)11-4-7-21-16(10-11)5-8-23-9-6-16/h11-12H,4-10H2,1-3H3,(H,17,20)(H,18,19). The van der Waals surface area contributed by atoms with Gasteiger partial charge in [-0.1, -0.05) is 0 Å². The van der Waals surface area contributed by atoms with E-state index in [0.29, 0.717) is 19.4 Å². The highest BCUT2D eigenvalue weighted by Crippen LogP contribution is 2.40. The first-order valence-corrected chi connectivity index (χ1v) is 9.30. The lowest BCUT2D eigenvalue weighted by atomic mass is 9.78. The van der Waals surface area contributed by atoms with E-state index in [1.807, 2.05) is 11.8 Å². The Bertz CT molecular complexity index is 437. The molecule has 2 fully saturated rings. The summed E-state index contributed by atoms with van der Waals surface area (Å²) in [6.07, 6.45) is 2.55. The lowest BCUT2D eigenvalue weighted by Crippen LogP contribution is -2.53. The number of rotatable bonds is 3. The van der Waals surface area contributed by atoms with Gasteiger partial charge in [0.25, 0.3) is 0 Å². The van der Waals surface area contributed by atoms with Crippen LogP contribution in [0.5, 0.6) is 0 Å². The van der Waals surface area contributed by atoms with Crippen molar-refractivity contribution in [3.05, 3.63) is 0 Å². The molecule has 2 aliphatic rings. The molecule has 0 aromatic carbocycles. The van der Waals surface area contributed by atoms with Crippen molar-refractivity contribution in [2.24, 2.45) is 5.92 Å². The summed E-state index contributed by atoms with van der Waals surface area (Å²) >= 11 is 1.91. The smallest absolute Gasteiger partial charge is 0.408 e. The van der Waals surface area contributed by atoms with Crippen LogP contribution < -0.4 is 5.32 Å². The fraction of sp³-hybridized carbons (Fsp3) is 0.875. The molecule has 2 aliphatic heterocycles. The van der Waals surface area contributed by atoms with Crippen LogP contribution in [0.1, 0.15) is 46.5 Å². The molecule has 6 nitrogen and oxygen atoms in total. The first-order chi connectivity index (χ1) is 10.7. The number of carbonyl (C=O) groups excluding carboxylic acids is 1. The van der Waals surface area contributed by atoms with Crippen LogP contribution in [-0.2, 0) is 14.3 Å². The molecule has 2 atom stereocenters. The van der Waals surface area contributed by atoms with E-state index in [1.165, 1.54) is 0 Å². The Morgan fingerprint density at radius 1 is 1.35 bits per heavy atom. The highest BCUT2D eigenvalue weighted by molar-refractivity contribution is 7.99. The summed E-state index contributed by atoms with van der Waals surface area (Å²) in [4.78, 5) is 23.6. The number of nitrogens with one attached hydrogen (secondary N) is 1. The summed E-state index contributed by atoms with van der Waals surface area (Å²) in [7, 11) is 0. The van der Waals surface area contributed by atoms with Crippen LogP contribution in [0, 0.1) is 5.92 Å². The lowest BCUT2D eigenvalue weighted by Gasteiger charge is -2.44. The van der Waals surface area contributed by atoms with Crippen molar-refractivity contribution in [3.63, 3.8) is 0 Å². The molecule has 0 aliphatic carbocycles. The van der Waals surface area contributed by atoms with Gasteiger partial charge >= 0.3 is 12.1 Å². The minimum absolute atomic E-state index is 0.128. The van der Waals surface area contributed by atoms with E-state index in [1.54, 1.807) is 20.8 Å². The van der Waals surface area contributed by atoms with Gasteiger partial charge in [0.05, 0.1) is 5.60 Å². The number of hydrogen-bond donors (Lipinski definition) is 2. The monoisotopic (exact) mass is 345 g/mol. The molecule has 2 rings (SSSR count). The molecule has 2 unspecified atom stereocenters. The van der Waals surface area contributed by atoms with Crippen molar-refractivity contribution in [2.45, 2.75) is 63.7 Å². The van der Waals surface area contributed by atoms with Crippen LogP contribution in [0.2, 0.25) is 0 Å². The SMILES string of the molecule is CC(C)(C)OC(=O)NC(C(=O)O)C1CCOC2(CCSCC2)C1. The molecule has 0 saturated carbocycles. The van der Waals surface area contributed by atoms with Gasteiger partial charge in [0.1, 0.15) is 11.6 Å². The second-order valence-electron chi connectivity index (χ2n) is 7.36. The molecule has 132 valence electrons. The van der Waals surface area contributed by atoms with Crippen LogP contribution in [0.3, 0.4) is 0 Å². The molecule has 2 N–H and O–H groups in total. The quantitative estimate of drug-likeness (QED) is 0.818. The maximum Gasteiger partial charge on any atom is 0.408 e. The lowest BCUT2D eigenvalue weighted by molar-refractivity contribution is -0.146. The summed E-state index contributed by atoms with van der Waals surface area (Å²) < 4.78 is 11.2. The van der Waals surface area contributed by atoms with Gasteiger partial charge in [-0.25, -0.2) is 9.59 Å². The number of amides is 1. The van der Waals surface area contributed by atoms with Gasteiger partial charge in [0, 0.05) is 6.61 Å². The third-order valence-electron chi connectivity index (χ3n) is 4.34. The Morgan fingerprint density at radius 2 is 2.00 bits per heavy atom. The molecular formula is C16H27NO5S. The first kappa shape index (κ1) is 18.4. The highest BCUT2D eigenvalue weighted by atomic mass is 32.2. The summed E-state index contributed by atoms with van der Waals surface area (Å²) in [6, 6.07) is -0.930. The number of carboxylic acid groups (broad SMARTS) is 1. The van der Waals surface area contributed by atoms with Gasteiger partial charge in [0.2, 0.25) is 0 Å². The second kappa shape index (κ2) is 7.30. The Morgan fingerprint density at radius 3 is 2.57 bits per heavy atom. The normalized spacial score (nSPS) is 25.6. The molecule has 0 aromatic heterocycles. The van der Waals surface area contributed by atoms with E-state index in [9.17, 15) is 14.7 Å². The van der Waals surface area contributed by atoms with E-state index in [0.717, 1.165) is 24.3 Å². The average Bonchev–Trinajstić information content (AvgIpc) is 2.43. The number of thioether (sulfide) groups is 1. The Labute approximate surface area is 141 Å². The summed E-state index contributed by atoms with van der Waals surface area (Å²) in [5, 5.41) is 12.1. The molecule has 1 amide bonds. The van der Waals surface area contributed by atoms with Crippen molar-refractivity contribution in [1.82, 2.24) is 5.32 Å². The zero-order chi connectivity index (χ0) is 17.1. The van der Waals surface area contributed by atoms with Crippen molar-refractivity contribution >= 4 is 23.8 Å². The van der Waals surface area contributed by atoms with E-state index in [2.05, 4.69) is 5.32 Å². The Hall–Kier alpha value is -0.950. The Kier molecular flexibility index (Phi) is 5.84. The average molecular weight is 345 g/mol. The van der Waals surface area contributed by atoms with Gasteiger partial charge in [-0.15, -0.1) is 0 Å². The molecule has 0 bridgehead atoms. The maximum atomic E-state index is 12.0. The molecule has 7 heteroatoms. The van der Waals surface area contributed by atoms with Crippen molar-refractivity contribution in [1.29, 1.82) is 0 Å². The van der Waals surface area contributed by atoms with Gasteiger partial charge in [0.15, 0.2) is 0 Å². The van der Waals surface area contributed by atoms with E-state index < -0.39 is 23.7 Å². The van der Waals surface area contributed by atoms with Gasteiger partial charge in [-0.2, -0.15) is 11.8 Å². The van der Waals surface area contributed by atoms with Crippen molar-refractivity contribution in [3.8, 4) is 0 Å². The van der Waals surface area contributed by atoms with Crippen LogP contribution >= 0.6 is 11.8 Å². The number of ether oxygens (including phenoxy) is 2. The minimum atomic E-state index is -1.01. The fourth-order valence-electron chi connectivity index (χ4n) is 3.26. The molecule has 0 radical (unpaired) electrons. The summed E-state index contributed by atoms with van der Waals surface area (Å²) in [5.74, 6) is 0.952. The van der Waals surface area contributed by atoms with Gasteiger partial charge in [-0.05, 0) is 63.9 Å². The van der Waals surface area contributed by atoms with Crippen LogP contribution in [-0.4, -0.2) is 52.5 Å². The van der Waals surface area contributed by atoms with Gasteiger partial charge in [-0.3, -0.25) is 0 Å². The molecular weight excluding hydrogens is 318 g/mol. The van der Waals surface area contributed by atoms with E-state index >= 15 is 0 Å². The molecule has 23 heavy (non-hydrogen) atoms. The van der Waals surface area contributed by atoms with E-state index in [4.69, 9.17) is 9.47 Å². The molecule has 2 heterocycles. The number of carboxylic acids is 1. The van der Waals surface area contributed by atoms with Crippen LogP contribution in [0.4, 0.5) is 4.79 Å². The third-order valence-corrected chi connectivity index (χ3v) is 5.33. The van der Waals surface area contributed by atoms with E-state index in [-0.39, 0.29) is 11.5 Å². The summed E-state index contributed by atoms with van der Waals surface area (Å²) in [5.41, 5.74) is -0.859. The summed E-state index contributed by atoms with van der Waals surface area (Å²) in [6.45, 7) is 5.82. The van der Waals surface area contributed by atoms with Crippen LogP contribution in [0.15, 0.2) is 0 Å². The predicted octanol–water partition coefficient (Wildman–Crippen LogP) is 2.66.